The SMILES string of the molecule is Cc1ccc(C=C(CN)C(C)C)s1. The Bertz CT molecular complexity index is 297. The van der Waals surface area contributed by atoms with Crippen molar-refractivity contribution < 1.29 is 0 Å². The summed E-state index contributed by atoms with van der Waals surface area (Å²) < 4.78 is 0. The quantitative estimate of drug-likeness (QED) is 0.788. The van der Waals surface area contributed by atoms with Crippen LogP contribution in [0, 0.1) is 12.8 Å². The average Bonchev–Trinajstić information content (AvgIpc) is 2.46. The van der Waals surface area contributed by atoms with Crippen LogP contribution in [0.5, 0.6) is 0 Å². The number of nitrogens with two attached hydrogens (primary N) is 1. The van der Waals surface area contributed by atoms with Gasteiger partial charge in [0.1, 0.15) is 0 Å². The van der Waals surface area contributed by atoms with Crippen LogP contribution in [0.1, 0.15) is 23.6 Å². The van der Waals surface area contributed by atoms with Crippen LogP contribution < -0.4 is 5.73 Å². The molecule has 0 fully saturated rings. The molecule has 0 aliphatic heterocycles. The zero-order chi connectivity index (χ0) is 9.84. The molecule has 2 N–H and O–H groups in total. The number of hydrogen-bond donors (Lipinski definition) is 1. The molecule has 0 saturated carbocycles. The minimum Gasteiger partial charge on any atom is -0.327 e. The van der Waals surface area contributed by atoms with Gasteiger partial charge in [0.2, 0.25) is 0 Å². The highest BCUT2D eigenvalue weighted by Crippen LogP contribution is 2.20. The Morgan fingerprint density at radius 1 is 1.54 bits per heavy atom. The van der Waals surface area contributed by atoms with Crippen molar-refractivity contribution in [2.75, 3.05) is 6.54 Å². The highest BCUT2D eigenvalue weighted by atomic mass is 32.1. The van der Waals surface area contributed by atoms with E-state index in [1.165, 1.54) is 15.3 Å². The first kappa shape index (κ1) is 10.5. The lowest BCUT2D eigenvalue weighted by Gasteiger charge is -2.07. The van der Waals surface area contributed by atoms with E-state index in [-0.39, 0.29) is 0 Å². The van der Waals surface area contributed by atoms with E-state index in [4.69, 9.17) is 5.73 Å². The fourth-order valence-electron chi connectivity index (χ4n) is 1.18. The molecular weight excluding hydrogens is 178 g/mol. The van der Waals surface area contributed by atoms with Gasteiger partial charge in [-0.3, -0.25) is 0 Å². The molecule has 0 unspecified atom stereocenters. The molecule has 0 aliphatic rings. The summed E-state index contributed by atoms with van der Waals surface area (Å²) in [5, 5.41) is 0. The van der Waals surface area contributed by atoms with E-state index in [1.54, 1.807) is 0 Å². The molecule has 1 heterocycles. The summed E-state index contributed by atoms with van der Waals surface area (Å²) >= 11 is 1.82. The topological polar surface area (TPSA) is 26.0 Å². The lowest BCUT2D eigenvalue weighted by atomic mass is 10.0. The third kappa shape index (κ3) is 2.98. The molecule has 0 aliphatic carbocycles. The summed E-state index contributed by atoms with van der Waals surface area (Å²) in [6.45, 7) is 7.15. The standard InChI is InChI=1S/C11H17NS/c1-8(2)10(7-12)6-11-5-4-9(3)13-11/h4-6,8H,7,12H2,1-3H3. The van der Waals surface area contributed by atoms with Crippen molar-refractivity contribution in [3.8, 4) is 0 Å². The van der Waals surface area contributed by atoms with Gasteiger partial charge in [-0.05, 0) is 31.1 Å². The Labute approximate surface area is 84.3 Å². The van der Waals surface area contributed by atoms with Gasteiger partial charge in [0.05, 0.1) is 0 Å². The normalized spacial score (nSPS) is 12.5. The van der Waals surface area contributed by atoms with Gasteiger partial charge in [-0.15, -0.1) is 11.3 Å². The first-order chi connectivity index (χ1) is 6.13. The third-order valence-corrected chi connectivity index (χ3v) is 3.01. The highest BCUT2D eigenvalue weighted by molar-refractivity contribution is 7.12. The molecule has 1 aromatic rings. The molecule has 0 bridgehead atoms. The number of hydrogen-bond acceptors (Lipinski definition) is 2. The highest BCUT2D eigenvalue weighted by Gasteiger charge is 2.01. The largest absolute Gasteiger partial charge is 0.327 e. The van der Waals surface area contributed by atoms with E-state index in [0.717, 1.165) is 0 Å². The minimum atomic E-state index is 0.549. The first-order valence-corrected chi connectivity index (χ1v) is 5.42. The van der Waals surface area contributed by atoms with Gasteiger partial charge < -0.3 is 5.73 Å². The second kappa shape index (κ2) is 4.58. The molecule has 2 heteroatoms. The molecule has 0 saturated heterocycles. The van der Waals surface area contributed by atoms with Gasteiger partial charge in [-0.1, -0.05) is 19.4 Å². The summed E-state index contributed by atoms with van der Waals surface area (Å²) in [4.78, 5) is 2.66. The fraction of sp³-hybridized carbons (Fsp3) is 0.455. The van der Waals surface area contributed by atoms with Crippen molar-refractivity contribution in [2.45, 2.75) is 20.8 Å². The van der Waals surface area contributed by atoms with E-state index >= 15 is 0 Å². The van der Waals surface area contributed by atoms with Crippen molar-refractivity contribution in [3.63, 3.8) is 0 Å². The Kier molecular flexibility index (Phi) is 3.70. The molecule has 0 aromatic carbocycles. The van der Waals surface area contributed by atoms with Gasteiger partial charge in [0.15, 0.2) is 0 Å². The summed E-state index contributed by atoms with van der Waals surface area (Å²) in [7, 11) is 0. The Balaban J connectivity index is 2.84. The molecule has 0 atom stereocenters. The van der Waals surface area contributed by atoms with Gasteiger partial charge >= 0.3 is 0 Å². The van der Waals surface area contributed by atoms with Crippen LogP contribution in [0.3, 0.4) is 0 Å². The smallest absolute Gasteiger partial charge is 0.0273 e. The molecule has 1 nitrogen and oxygen atoms in total. The number of aryl methyl sites for hydroxylation is 1. The van der Waals surface area contributed by atoms with Gasteiger partial charge in [0, 0.05) is 16.3 Å². The van der Waals surface area contributed by atoms with Crippen LogP contribution in [0.25, 0.3) is 6.08 Å². The lowest BCUT2D eigenvalue weighted by Crippen LogP contribution is -2.07. The molecule has 0 spiro atoms. The molecule has 0 amide bonds. The van der Waals surface area contributed by atoms with E-state index < -0.39 is 0 Å². The fourth-order valence-corrected chi connectivity index (χ4v) is 2.03. The predicted molar refractivity (Wildman–Crippen MR) is 60.9 cm³/mol. The molecule has 1 rings (SSSR count). The lowest BCUT2D eigenvalue weighted by molar-refractivity contribution is 0.753. The maximum Gasteiger partial charge on any atom is 0.0273 e. The molecule has 72 valence electrons. The van der Waals surface area contributed by atoms with E-state index in [2.05, 4.69) is 39.0 Å². The monoisotopic (exact) mass is 195 g/mol. The van der Waals surface area contributed by atoms with Gasteiger partial charge in [-0.2, -0.15) is 0 Å². The predicted octanol–water partition coefficient (Wildman–Crippen LogP) is 3.05. The Hall–Kier alpha value is -0.600. The molecular formula is C11H17NS. The van der Waals surface area contributed by atoms with Crippen LogP contribution >= 0.6 is 11.3 Å². The van der Waals surface area contributed by atoms with Crippen LogP contribution in [0.15, 0.2) is 17.7 Å². The van der Waals surface area contributed by atoms with Crippen molar-refractivity contribution in [3.05, 3.63) is 27.5 Å². The van der Waals surface area contributed by atoms with Crippen molar-refractivity contribution >= 4 is 17.4 Å². The molecule has 13 heavy (non-hydrogen) atoms. The van der Waals surface area contributed by atoms with Crippen LogP contribution in [0.4, 0.5) is 0 Å². The van der Waals surface area contributed by atoms with E-state index in [9.17, 15) is 0 Å². The molecule has 1 aromatic heterocycles. The maximum absolute atomic E-state index is 5.66. The number of rotatable bonds is 3. The molecule has 0 radical (unpaired) electrons. The summed E-state index contributed by atoms with van der Waals surface area (Å²) in [6.07, 6.45) is 2.21. The van der Waals surface area contributed by atoms with Gasteiger partial charge in [-0.25, -0.2) is 0 Å². The maximum atomic E-state index is 5.66. The summed E-state index contributed by atoms with van der Waals surface area (Å²) in [5.74, 6) is 0.549. The van der Waals surface area contributed by atoms with Gasteiger partial charge in [0.25, 0.3) is 0 Å². The zero-order valence-corrected chi connectivity index (χ0v) is 9.32. The van der Waals surface area contributed by atoms with Crippen LogP contribution in [0.2, 0.25) is 0 Å². The zero-order valence-electron chi connectivity index (χ0n) is 8.50. The second-order valence-electron chi connectivity index (χ2n) is 3.53. The first-order valence-electron chi connectivity index (χ1n) is 4.60. The van der Waals surface area contributed by atoms with Crippen molar-refractivity contribution in [2.24, 2.45) is 11.7 Å². The summed E-state index contributed by atoms with van der Waals surface area (Å²) in [6, 6.07) is 4.29. The Morgan fingerprint density at radius 2 is 2.23 bits per heavy atom. The number of thiophene rings is 1. The third-order valence-electron chi connectivity index (χ3n) is 2.07. The van der Waals surface area contributed by atoms with E-state index in [1.807, 2.05) is 11.3 Å². The van der Waals surface area contributed by atoms with Crippen molar-refractivity contribution in [1.82, 2.24) is 0 Å². The summed E-state index contributed by atoms with van der Waals surface area (Å²) in [5.41, 5.74) is 6.99. The van der Waals surface area contributed by atoms with E-state index in [0.29, 0.717) is 12.5 Å². The minimum absolute atomic E-state index is 0.549. The van der Waals surface area contributed by atoms with Crippen LogP contribution in [-0.4, -0.2) is 6.54 Å². The van der Waals surface area contributed by atoms with Crippen molar-refractivity contribution in [1.29, 1.82) is 0 Å². The van der Waals surface area contributed by atoms with Crippen LogP contribution in [-0.2, 0) is 0 Å². The Morgan fingerprint density at radius 3 is 2.62 bits per heavy atom. The second-order valence-corrected chi connectivity index (χ2v) is 4.85. The average molecular weight is 195 g/mol.